The molecule has 2 unspecified atom stereocenters. The van der Waals surface area contributed by atoms with Gasteiger partial charge in [0.05, 0.1) is 0 Å². The van der Waals surface area contributed by atoms with Crippen LogP contribution in [0.5, 0.6) is 0 Å². The number of amides is 2. The first kappa shape index (κ1) is 19.9. The van der Waals surface area contributed by atoms with E-state index in [9.17, 15) is 14.0 Å². The Morgan fingerprint density at radius 1 is 1.00 bits per heavy atom. The molecule has 1 aromatic rings. The molecular formula is C23H31FN4O2. The van der Waals surface area contributed by atoms with E-state index in [1.165, 1.54) is 12.1 Å². The van der Waals surface area contributed by atoms with Crippen LogP contribution in [-0.2, 0) is 16.1 Å². The lowest BCUT2D eigenvalue weighted by atomic mass is 10.1. The summed E-state index contributed by atoms with van der Waals surface area (Å²) in [6.07, 6.45) is 4.93. The summed E-state index contributed by atoms with van der Waals surface area (Å²) >= 11 is 0. The Morgan fingerprint density at radius 2 is 1.70 bits per heavy atom. The van der Waals surface area contributed by atoms with Crippen LogP contribution < -0.4 is 5.32 Å². The molecule has 30 heavy (non-hydrogen) atoms. The highest BCUT2D eigenvalue weighted by Crippen LogP contribution is 2.38. The largest absolute Gasteiger partial charge is 0.338 e. The minimum absolute atomic E-state index is 0.116. The number of carbonyl (C=O) groups excluding carboxylic acids is 2. The summed E-state index contributed by atoms with van der Waals surface area (Å²) in [6.45, 7) is 4.44. The van der Waals surface area contributed by atoms with Crippen LogP contribution in [0.4, 0.5) is 4.39 Å². The van der Waals surface area contributed by atoms with Gasteiger partial charge in [0.25, 0.3) is 0 Å². The lowest BCUT2D eigenvalue weighted by molar-refractivity contribution is -0.144. The van der Waals surface area contributed by atoms with Gasteiger partial charge >= 0.3 is 0 Å². The maximum Gasteiger partial charge on any atom is 0.245 e. The standard InChI is InChI=1S/C23H31FN4O2/c24-18-5-1-16(2-6-18)14-27(19-7-8-19)20-13-21(23(30)26-11-9-25-10-12-26)28(15-20)22(29)17-3-4-17/h1-2,5-6,17,19-21,25H,3-4,7-15H2. The molecule has 0 radical (unpaired) electrons. The molecule has 2 aliphatic carbocycles. The molecule has 1 N–H and O–H groups in total. The molecular weight excluding hydrogens is 383 g/mol. The Labute approximate surface area is 177 Å². The van der Waals surface area contributed by atoms with Crippen LogP contribution in [0, 0.1) is 11.7 Å². The Balaban J connectivity index is 1.34. The summed E-state index contributed by atoms with van der Waals surface area (Å²) in [7, 11) is 0. The molecule has 2 saturated heterocycles. The summed E-state index contributed by atoms with van der Waals surface area (Å²) in [5.41, 5.74) is 1.08. The summed E-state index contributed by atoms with van der Waals surface area (Å²) in [4.78, 5) is 32.7. The zero-order valence-corrected chi connectivity index (χ0v) is 17.4. The summed E-state index contributed by atoms with van der Waals surface area (Å²) in [6, 6.07) is 7.05. The quantitative estimate of drug-likeness (QED) is 0.768. The van der Waals surface area contributed by atoms with Gasteiger partial charge in [0.2, 0.25) is 11.8 Å². The van der Waals surface area contributed by atoms with E-state index in [4.69, 9.17) is 0 Å². The number of halogens is 1. The Morgan fingerprint density at radius 3 is 2.33 bits per heavy atom. The summed E-state index contributed by atoms with van der Waals surface area (Å²) < 4.78 is 13.3. The third kappa shape index (κ3) is 4.23. The fourth-order valence-electron chi connectivity index (χ4n) is 4.96. The Kier molecular flexibility index (Phi) is 5.50. The molecule has 2 amide bonds. The van der Waals surface area contributed by atoms with Crippen LogP contribution in [0.1, 0.15) is 37.7 Å². The smallest absolute Gasteiger partial charge is 0.245 e. The molecule has 2 atom stereocenters. The summed E-state index contributed by atoms with van der Waals surface area (Å²) in [5, 5.41) is 3.29. The minimum atomic E-state index is -0.337. The van der Waals surface area contributed by atoms with Gasteiger partial charge in [0.15, 0.2) is 0 Å². The van der Waals surface area contributed by atoms with Gasteiger partial charge in [-0.25, -0.2) is 4.39 Å². The molecule has 5 rings (SSSR count). The molecule has 1 aromatic carbocycles. The number of nitrogens with zero attached hydrogens (tertiary/aromatic N) is 3. The predicted octanol–water partition coefficient (Wildman–Crippen LogP) is 1.60. The van der Waals surface area contributed by atoms with E-state index in [0.29, 0.717) is 32.1 Å². The van der Waals surface area contributed by atoms with Crippen molar-refractivity contribution < 1.29 is 14.0 Å². The van der Waals surface area contributed by atoms with Gasteiger partial charge in [0.1, 0.15) is 11.9 Å². The van der Waals surface area contributed by atoms with Gasteiger partial charge in [0, 0.05) is 57.3 Å². The molecule has 4 aliphatic rings. The second kappa shape index (κ2) is 8.27. The molecule has 2 saturated carbocycles. The van der Waals surface area contributed by atoms with Crippen LogP contribution in [0.25, 0.3) is 0 Å². The fourth-order valence-corrected chi connectivity index (χ4v) is 4.96. The maximum atomic E-state index is 13.4. The van der Waals surface area contributed by atoms with E-state index in [-0.39, 0.29) is 35.6 Å². The fraction of sp³-hybridized carbons (Fsp3) is 0.652. The van der Waals surface area contributed by atoms with Crippen LogP contribution in [0.15, 0.2) is 24.3 Å². The van der Waals surface area contributed by atoms with Crippen molar-refractivity contribution in [1.82, 2.24) is 20.0 Å². The number of likely N-dealkylation sites (tertiary alicyclic amines) is 1. The topological polar surface area (TPSA) is 55.9 Å². The van der Waals surface area contributed by atoms with Gasteiger partial charge in [-0.1, -0.05) is 12.1 Å². The number of benzene rings is 1. The van der Waals surface area contributed by atoms with Crippen LogP contribution >= 0.6 is 0 Å². The second-order valence-electron chi connectivity index (χ2n) is 9.28. The Bertz CT molecular complexity index is 787. The molecule has 2 aliphatic heterocycles. The Hall–Kier alpha value is -1.99. The number of hydrogen-bond donors (Lipinski definition) is 1. The van der Waals surface area contributed by atoms with Crippen molar-refractivity contribution in [2.24, 2.45) is 5.92 Å². The molecule has 4 fully saturated rings. The third-order valence-electron chi connectivity index (χ3n) is 6.97. The monoisotopic (exact) mass is 414 g/mol. The molecule has 162 valence electrons. The van der Waals surface area contributed by atoms with E-state index in [1.807, 2.05) is 21.9 Å². The summed E-state index contributed by atoms with van der Waals surface area (Å²) in [5.74, 6) is 0.183. The van der Waals surface area contributed by atoms with Crippen molar-refractivity contribution in [2.45, 2.75) is 56.8 Å². The van der Waals surface area contributed by atoms with Crippen molar-refractivity contribution in [3.05, 3.63) is 35.6 Å². The van der Waals surface area contributed by atoms with E-state index in [1.54, 1.807) is 0 Å². The second-order valence-corrected chi connectivity index (χ2v) is 9.28. The number of rotatable bonds is 6. The highest BCUT2D eigenvalue weighted by atomic mass is 19.1. The minimum Gasteiger partial charge on any atom is -0.338 e. The van der Waals surface area contributed by atoms with Gasteiger partial charge in [-0.2, -0.15) is 0 Å². The number of piperazine rings is 1. The molecule has 0 spiro atoms. The predicted molar refractivity (Wildman–Crippen MR) is 111 cm³/mol. The highest BCUT2D eigenvalue weighted by molar-refractivity contribution is 5.90. The first-order chi connectivity index (χ1) is 14.6. The number of carbonyl (C=O) groups is 2. The lowest BCUT2D eigenvalue weighted by Gasteiger charge is -2.32. The normalized spacial score (nSPS) is 27.0. The van der Waals surface area contributed by atoms with Gasteiger partial charge in [-0.05, 0) is 49.8 Å². The number of hydrogen-bond acceptors (Lipinski definition) is 4. The molecule has 2 heterocycles. The number of nitrogens with one attached hydrogen (secondary N) is 1. The van der Waals surface area contributed by atoms with Crippen molar-refractivity contribution >= 4 is 11.8 Å². The van der Waals surface area contributed by atoms with E-state index >= 15 is 0 Å². The third-order valence-corrected chi connectivity index (χ3v) is 6.97. The van der Waals surface area contributed by atoms with Crippen LogP contribution in [-0.4, -0.2) is 77.4 Å². The van der Waals surface area contributed by atoms with Crippen molar-refractivity contribution in [3.8, 4) is 0 Å². The maximum absolute atomic E-state index is 13.4. The zero-order chi connectivity index (χ0) is 20.7. The van der Waals surface area contributed by atoms with Gasteiger partial charge in [-0.3, -0.25) is 14.5 Å². The van der Waals surface area contributed by atoms with Crippen LogP contribution in [0.2, 0.25) is 0 Å². The van der Waals surface area contributed by atoms with Crippen molar-refractivity contribution in [1.29, 1.82) is 0 Å². The average molecular weight is 415 g/mol. The average Bonchev–Trinajstić information content (AvgIpc) is 3.70. The highest BCUT2D eigenvalue weighted by Gasteiger charge is 2.48. The molecule has 0 aromatic heterocycles. The van der Waals surface area contributed by atoms with Gasteiger partial charge < -0.3 is 15.1 Å². The first-order valence-electron chi connectivity index (χ1n) is 11.4. The van der Waals surface area contributed by atoms with Gasteiger partial charge in [-0.15, -0.1) is 0 Å². The van der Waals surface area contributed by atoms with Crippen molar-refractivity contribution in [3.63, 3.8) is 0 Å². The first-order valence-corrected chi connectivity index (χ1v) is 11.4. The van der Waals surface area contributed by atoms with E-state index in [2.05, 4.69) is 10.2 Å². The zero-order valence-electron chi connectivity index (χ0n) is 17.4. The van der Waals surface area contributed by atoms with E-state index in [0.717, 1.165) is 50.9 Å². The van der Waals surface area contributed by atoms with Crippen molar-refractivity contribution in [2.75, 3.05) is 32.7 Å². The molecule has 7 heteroatoms. The molecule has 0 bridgehead atoms. The SMILES string of the molecule is O=C(C1CC(N(Cc2ccc(F)cc2)C2CC2)CN1C(=O)C1CC1)N1CCNCC1. The van der Waals surface area contributed by atoms with Crippen LogP contribution in [0.3, 0.4) is 0 Å². The van der Waals surface area contributed by atoms with E-state index < -0.39 is 0 Å². The lowest BCUT2D eigenvalue weighted by Crippen LogP contribution is -2.53. The molecule has 6 nitrogen and oxygen atoms in total.